The third kappa shape index (κ3) is 2.74. The lowest BCUT2D eigenvalue weighted by atomic mass is 10.2. The Morgan fingerprint density at radius 3 is 2.33 bits per heavy atom. The molecule has 2 rings (SSSR count). The Morgan fingerprint density at radius 2 is 1.83 bits per heavy atom. The highest BCUT2D eigenvalue weighted by molar-refractivity contribution is 5.52. The normalized spacial score (nSPS) is 9.56. The maximum Gasteiger partial charge on any atom is 0.293 e. The Bertz CT molecular complexity index is 547. The minimum Gasteiger partial charge on any atom is -0.298 e. The van der Waals surface area contributed by atoms with Gasteiger partial charge in [0.2, 0.25) is 0 Å². The number of nitrogens with zero attached hydrogens (tertiary/aromatic N) is 3. The zero-order chi connectivity index (χ0) is 13.7. The maximum atomic E-state index is 10.9. The lowest BCUT2D eigenvalue weighted by Crippen LogP contribution is -2.00. The first kappa shape index (κ1) is 13.9. The molecule has 0 atom stereocenters. The van der Waals surface area contributed by atoms with Crippen molar-refractivity contribution in [1.82, 2.24) is 9.55 Å². The molecule has 0 fully saturated rings. The van der Waals surface area contributed by atoms with Crippen molar-refractivity contribution >= 4 is 5.69 Å². The summed E-state index contributed by atoms with van der Waals surface area (Å²) in [4.78, 5) is 14.7. The van der Waals surface area contributed by atoms with Crippen molar-refractivity contribution in [1.29, 1.82) is 0 Å². The average Bonchev–Trinajstić information content (AvgIpc) is 2.71. The summed E-state index contributed by atoms with van der Waals surface area (Å²) in [7, 11) is 0. The number of rotatable bonds is 2. The van der Waals surface area contributed by atoms with E-state index in [-0.39, 0.29) is 10.6 Å². The summed E-state index contributed by atoms with van der Waals surface area (Å²) in [6.45, 7) is 7.68. The second kappa shape index (κ2) is 5.95. The SMILES string of the molecule is CC.Cc1cn(-c2ccccc2[N+](=O)[O-])c(C)n1. The molecule has 0 aliphatic carbocycles. The number of para-hydroxylation sites is 2. The molecule has 96 valence electrons. The van der Waals surface area contributed by atoms with Crippen molar-refractivity contribution in [3.05, 3.63) is 52.1 Å². The van der Waals surface area contributed by atoms with E-state index in [1.165, 1.54) is 6.07 Å². The molecule has 1 aromatic heterocycles. The van der Waals surface area contributed by atoms with Crippen LogP contribution in [0.4, 0.5) is 5.69 Å². The van der Waals surface area contributed by atoms with Crippen LogP contribution in [0.15, 0.2) is 30.5 Å². The summed E-state index contributed by atoms with van der Waals surface area (Å²) >= 11 is 0. The summed E-state index contributed by atoms with van der Waals surface area (Å²) < 4.78 is 1.73. The number of hydrogen-bond acceptors (Lipinski definition) is 3. The maximum absolute atomic E-state index is 10.9. The largest absolute Gasteiger partial charge is 0.298 e. The summed E-state index contributed by atoms with van der Waals surface area (Å²) in [5.41, 5.74) is 1.48. The third-order valence-electron chi connectivity index (χ3n) is 2.34. The predicted molar refractivity (Wildman–Crippen MR) is 71.0 cm³/mol. The number of nitro groups is 1. The highest BCUT2D eigenvalue weighted by Gasteiger charge is 2.15. The minimum atomic E-state index is -0.385. The van der Waals surface area contributed by atoms with E-state index in [0.29, 0.717) is 5.69 Å². The molecule has 0 saturated carbocycles. The molecular weight excluding hydrogens is 230 g/mol. The molecule has 0 unspecified atom stereocenters. The van der Waals surface area contributed by atoms with Gasteiger partial charge in [-0.3, -0.25) is 14.7 Å². The Kier molecular flexibility index (Phi) is 4.59. The summed E-state index contributed by atoms with van der Waals surface area (Å²) in [6.07, 6.45) is 1.79. The standard InChI is InChI=1S/C11H11N3O2.C2H6/c1-8-7-13(9(2)12-8)10-5-3-4-6-11(10)14(15)16;1-2/h3-7H,1-2H3;1-2H3. The average molecular weight is 247 g/mol. The fourth-order valence-corrected chi connectivity index (χ4v) is 1.68. The molecule has 18 heavy (non-hydrogen) atoms. The molecule has 0 bridgehead atoms. The van der Waals surface area contributed by atoms with Gasteiger partial charge in [0.25, 0.3) is 5.69 Å². The Hall–Kier alpha value is -2.17. The first-order valence-corrected chi connectivity index (χ1v) is 5.86. The van der Waals surface area contributed by atoms with Crippen molar-refractivity contribution in [2.24, 2.45) is 0 Å². The second-order valence-electron chi connectivity index (χ2n) is 3.55. The minimum absolute atomic E-state index is 0.0861. The lowest BCUT2D eigenvalue weighted by molar-refractivity contribution is -0.384. The van der Waals surface area contributed by atoms with Crippen LogP contribution in [0.3, 0.4) is 0 Å². The first-order chi connectivity index (χ1) is 8.59. The van der Waals surface area contributed by atoms with Crippen LogP contribution in [0.25, 0.3) is 5.69 Å². The van der Waals surface area contributed by atoms with Crippen molar-refractivity contribution in [3.63, 3.8) is 0 Å². The molecule has 1 heterocycles. The smallest absolute Gasteiger partial charge is 0.293 e. The number of hydrogen-bond donors (Lipinski definition) is 0. The van der Waals surface area contributed by atoms with E-state index in [4.69, 9.17) is 0 Å². The predicted octanol–water partition coefficient (Wildman–Crippen LogP) is 3.42. The number of aromatic nitrogens is 2. The Morgan fingerprint density at radius 1 is 1.22 bits per heavy atom. The number of aryl methyl sites for hydroxylation is 2. The molecule has 0 aliphatic rings. The van der Waals surface area contributed by atoms with Gasteiger partial charge in [-0.2, -0.15) is 0 Å². The fourth-order valence-electron chi connectivity index (χ4n) is 1.68. The van der Waals surface area contributed by atoms with Gasteiger partial charge in [-0.15, -0.1) is 0 Å². The van der Waals surface area contributed by atoms with Gasteiger partial charge in [-0.05, 0) is 19.9 Å². The topological polar surface area (TPSA) is 61.0 Å². The molecular formula is C13H17N3O2. The van der Waals surface area contributed by atoms with Gasteiger partial charge in [0.15, 0.2) is 0 Å². The molecule has 0 aliphatic heterocycles. The number of nitro benzene ring substituents is 1. The van der Waals surface area contributed by atoms with E-state index >= 15 is 0 Å². The van der Waals surface area contributed by atoms with Crippen LogP contribution in [0.5, 0.6) is 0 Å². The second-order valence-corrected chi connectivity index (χ2v) is 3.55. The monoisotopic (exact) mass is 247 g/mol. The molecule has 5 nitrogen and oxygen atoms in total. The third-order valence-corrected chi connectivity index (χ3v) is 2.34. The molecule has 1 aromatic carbocycles. The molecule has 0 spiro atoms. The molecule has 2 aromatic rings. The van der Waals surface area contributed by atoms with Gasteiger partial charge in [0, 0.05) is 12.3 Å². The summed E-state index contributed by atoms with van der Waals surface area (Å²) in [6, 6.07) is 6.63. The van der Waals surface area contributed by atoms with E-state index in [2.05, 4.69) is 4.98 Å². The Balaban J connectivity index is 0.000000771. The van der Waals surface area contributed by atoms with Crippen LogP contribution >= 0.6 is 0 Å². The van der Waals surface area contributed by atoms with Crippen LogP contribution in [0, 0.1) is 24.0 Å². The summed E-state index contributed by atoms with van der Waals surface area (Å²) in [5, 5.41) is 10.9. The van der Waals surface area contributed by atoms with E-state index in [9.17, 15) is 10.1 Å². The molecule has 5 heteroatoms. The van der Waals surface area contributed by atoms with Gasteiger partial charge in [0.1, 0.15) is 11.5 Å². The van der Waals surface area contributed by atoms with Gasteiger partial charge in [-0.25, -0.2) is 4.98 Å². The van der Waals surface area contributed by atoms with Crippen LogP contribution in [-0.2, 0) is 0 Å². The van der Waals surface area contributed by atoms with E-state index in [1.54, 1.807) is 29.0 Å². The molecule has 0 N–H and O–H groups in total. The fraction of sp³-hybridized carbons (Fsp3) is 0.308. The van der Waals surface area contributed by atoms with Crippen LogP contribution in [-0.4, -0.2) is 14.5 Å². The van der Waals surface area contributed by atoms with E-state index < -0.39 is 0 Å². The van der Waals surface area contributed by atoms with E-state index in [0.717, 1.165) is 11.5 Å². The quantitative estimate of drug-likeness (QED) is 0.603. The molecule has 0 saturated heterocycles. The molecule has 0 radical (unpaired) electrons. The van der Waals surface area contributed by atoms with Crippen LogP contribution in [0.2, 0.25) is 0 Å². The number of imidazole rings is 1. The van der Waals surface area contributed by atoms with Gasteiger partial charge < -0.3 is 0 Å². The highest BCUT2D eigenvalue weighted by atomic mass is 16.6. The zero-order valence-electron chi connectivity index (χ0n) is 11.0. The number of benzene rings is 1. The lowest BCUT2D eigenvalue weighted by Gasteiger charge is -2.04. The van der Waals surface area contributed by atoms with Crippen molar-refractivity contribution in [2.75, 3.05) is 0 Å². The van der Waals surface area contributed by atoms with Crippen molar-refractivity contribution < 1.29 is 4.92 Å². The zero-order valence-corrected chi connectivity index (χ0v) is 11.0. The molecule has 0 amide bonds. The summed E-state index contributed by atoms with van der Waals surface area (Å²) in [5.74, 6) is 0.742. The highest BCUT2D eigenvalue weighted by Crippen LogP contribution is 2.23. The van der Waals surface area contributed by atoms with Crippen LogP contribution < -0.4 is 0 Å². The van der Waals surface area contributed by atoms with Crippen molar-refractivity contribution in [2.45, 2.75) is 27.7 Å². The van der Waals surface area contributed by atoms with Gasteiger partial charge >= 0.3 is 0 Å². The van der Waals surface area contributed by atoms with E-state index in [1.807, 2.05) is 27.7 Å². The van der Waals surface area contributed by atoms with Crippen LogP contribution in [0.1, 0.15) is 25.4 Å². The Labute approximate surface area is 106 Å². The van der Waals surface area contributed by atoms with Gasteiger partial charge in [0.05, 0.1) is 10.6 Å². The van der Waals surface area contributed by atoms with Crippen molar-refractivity contribution in [3.8, 4) is 5.69 Å². The first-order valence-electron chi connectivity index (χ1n) is 5.86. The van der Waals surface area contributed by atoms with Gasteiger partial charge in [-0.1, -0.05) is 26.0 Å².